The summed E-state index contributed by atoms with van der Waals surface area (Å²) >= 11 is 1.60. The molecule has 0 amide bonds. The first-order chi connectivity index (χ1) is 10.1. The van der Waals surface area contributed by atoms with E-state index in [1.165, 1.54) is 7.11 Å². The molecule has 0 spiro atoms. The van der Waals surface area contributed by atoms with Crippen molar-refractivity contribution in [3.63, 3.8) is 0 Å². The largest absolute Gasteiger partial charge is 0.507 e. The molecule has 2 N–H and O–H groups in total. The standard InChI is InChI=1S/C15H22N2O3S/c1-4-17(5-2)10-6-7-11(13(18)8-10)14-16-12(9-21-14)15(19)20-3/h6-8,12,14,16,18H,4-5,9H2,1-3H3. The molecular weight excluding hydrogens is 288 g/mol. The van der Waals surface area contributed by atoms with Gasteiger partial charge in [0, 0.05) is 36.2 Å². The maximum absolute atomic E-state index is 11.5. The molecule has 0 aromatic heterocycles. The number of carbonyl (C=O) groups excluding carboxylic acids is 1. The van der Waals surface area contributed by atoms with Gasteiger partial charge in [-0.25, -0.2) is 0 Å². The minimum Gasteiger partial charge on any atom is -0.507 e. The summed E-state index contributed by atoms with van der Waals surface area (Å²) in [6.07, 6.45) is 0. The molecule has 21 heavy (non-hydrogen) atoms. The number of phenolic OH excluding ortho intramolecular Hbond substituents is 1. The van der Waals surface area contributed by atoms with E-state index < -0.39 is 0 Å². The van der Waals surface area contributed by atoms with Gasteiger partial charge in [0.2, 0.25) is 0 Å². The second kappa shape index (κ2) is 7.04. The highest BCUT2D eigenvalue weighted by Gasteiger charge is 2.32. The maximum atomic E-state index is 11.5. The van der Waals surface area contributed by atoms with Gasteiger partial charge in [-0.1, -0.05) is 6.07 Å². The molecule has 2 unspecified atom stereocenters. The Labute approximate surface area is 129 Å². The Bertz CT molecular complexity index is 506. The molecule has 0 aliphatic carbocycles. The lowest BCUT2D eigenvalue weighted by Gasteiger charge is -2.22. The lowest BCUT2D eigenvalue weighted by atomic mass is 10.1. The third-order valence-electron chi connectivity index (χ3n) is 3.69. The molecule has 1 heterocycles. The molecule has 1 fully saturated rings. The number of methoxy groups -OCH3 is 1. The fourth-order valence-electron chi connectivity index (χ4n) is 2.47. The highest BCUT2D eigenvalue weighted by Crippen LogP contribution is 2.38. The first kappa shape index (κ1) is 16.0. The molecule has 0 radical (unpaired) electrons. The zero-order valence-corrected chi connectivity index (χ0v) is 13.4. The van der Waals surface area contributed by atoms with Crippen LogP contribution in [-0.2, 0) is 9.53 Å². The van der Waals surface area contributed by atoms with Crippen LogP contribution in [0.2, 0.25) is 0 Å². The van der Waals surface area contributed by atoms with E-state index in [9.17, 15) is 9.90 Å². The number of thioether (sulfide) groups is 1. The van der Waals surface area contributed by atoms with Crippen molar-refractivity contribution in [3.05, 3.63) is 23.8 Å². The average molecular weight is 310 g/mol. The number of benzene rings is 1. The predicted octanol–water partition coefficient (Wildman–Crippen LogP) is 2.12. The van der Waals surface area contributed by atoms with Gasteiger partial charge in [-0.05, 0) is 19.9 Å². The summed E-state index contributed by atoms with van der Waals surface area (Å²) in [6, 6.07) is 5.41. The highest BCUT2D eigenvalue weighted by atomic mass is 32.2. The van der Waals surface area contributed by atoms with E-state index in [1.807, 2.05) is 12.1 Å². The van der Waals surface area contributed by atoms with Crippen LogP contribution in [0.1, 0.15) is 24.8 Å². The van der Waals surface area contributed by atoms with Crippen molar-refractivity contribution in [2.24, 2.45) is 0 Å². The van der Waals surface area contributed by atoms with Crippen molar-refractivity contribution < 1.29 is 14.6 Å². The predicted molar refractivity (Wildman–Crippen MR) is 85.8 cm³/mol. The lowest BCUT2D eigenvalue weighted by Crippen LogP contribution is -2.34. The van der Waals surface area contributed by atoms with Crippen LogP contribution in [0.3, 0.4) is 0 Å². The summed E-state index contributed by atoms with van der Waals surface area (Å²) in [5.41, 5.74) is 1.82. The number of hydrogen-bond donors (Lipinski definition) is 2. The van der Waals surface area contributed by atoms with Crippen LogP contribution >= 0.6 is 11.8 Å². The quantitative estimate of drug-likeness (QED) is 0.812. The Morgan fingerprint density at radius 3 is 2.76 bits per heavy atom. The van der Waals surface area contributed by atoms with E-state index in [2.05, 4.69) is 24.1 Å². The molecule has 0 bridgehead atoms. The monoisotopic (exact) mass is 310 g/mol. The zero-order chi connectivity index (χ0) is 15.4. The average Bonchev–Trinajstić information content (AvgIpc) is 2.97. The van der Waals surface area contributed by atoms with E-state index in [1.54, 1.807) is 17.8 Å². The lowest BCUT2D eigenvalue weighted by molar-refractivity contribution is -0.142. The van der Waals surface area contributed by atoms with Gasteiger partial charge in [-0.3, -0.25) is 10.1 Å². The summed E-state index contributed by atoms with van der Waals surface area (Å²) in [5, 5.41) is 13.4. The van der Waals surface area contributed by atoms with Crippen LogP contribution in [0.25, 0.3) is 0 Å². The highest BCUT2D eigenvalue weighted by molar-refractivity contribution is 7.99. The molecule has 5 nitrogen and oxygen atoms in total. The van der Waals surface area contributed by atoms with Crippen LogP contribution in [0.15, 0.2) is 18.2 Å². The molecule has 0 saturated carbocycles. The molecule has 116 valence electrons. The maximum Gasteiger partial charge on any atom is 0.323 e. The topological polar surface area (TPSA) is 61.8 Å². The van der Waals surface area contributed by atoms with Gasteiger partial charge in [0.15, 0.2) is 0 Å². The van der Waals surface area contributed by atoms with E-state index in [0.29, 0.717) is 5.75 Å². The Morgan fingerprint density at radius 2 is 2.19 bits per heavy atom. The van der Waals surface area contributed by atoms with E-state index in [-0.39, 0.29) is 23.1 Å². The van der Waals surface area contributed by atoms with E-state index in [4.69, 9.17) is 4.74 Å². The van der Waals surface area contributed by atoms with Gasteiger partial charge in [0.25, 0.3) is 0 Å². The second-order valence-corrected chi connectivity index (χ2v) is 6.01. The normalized spacial score (nSPS) is 21.3. The zero-order valence-electron chi connectivity index (χ0n) is 12.6. The van der Waals surface area contributed by atoms with Gasteiger partial charge < -0.3 is 14.7 Å². The smallest absolute Gasteiger partial charge is 0.323 e. The third kappa shape index (κ3) is 3.44. The molecule has 2 rings (SSSR count). The molecule has 1 saturated heterocycles. The van der Waals surface area contributed by atoms with E-state index >= 15 is 0 Å². The van der Waals surface area contributed by atoms with Crippen molar-refractivity contribution in [2.45, 2.75) is 25.3 Å². The van der Waals surface area contributed by atoms with Crippen molar-refractivity contribution in [3.8, 4) is 5.75 Å². The van der Waals surface area contributed by atoms with Gasteiger partial charge in [0.05, 0.1) is 12.5 Å². The number of nitrogens with one attached hydrogen (secondary N) is 1. The summed E-state index contributed by atoms with van der Waals surface area (Å²) in [5.74, 6) is 0.647. The Kier molecular flexibility index (Phi) is 5.36. The van der Waals surface area contributed by atoms with Crippen molar-refractivity contribution in [1.29, 1.82) is 0 Å². The molecule has 1 aliphatic heterocycles. The molecule has 1 aliphatic rings. The first-order valence-electron chi connectivity index (χ1n) is 7.14. The molecule has 1 aromatic carbocycles. The summed E-state index contributed by atoms with van der Waals surface area (Å²) in [6.45, 7) is 5.97. The van der Waals surface area contributed by atoms with Crippen LogP contribution in [-0.4, -0.2) is 43.1 Å². The molecular formula is C15H22N2O3S. The van der Waals surface area contributed by atoms with Gasteiger partial charge in [-0.15, -0.1) is 11.8 Å². The SMILES string of the molecule is CCN(CC)c1ccc(C2NC(C(=O)OC)CS2)c(O)c1. The number of nitrogens with zero attached hydrogens (tertiary/aromatic N) is 1. The summed E-state index contributed by atoms with van der Waals surface area (Å²) in [7, 11) is 1.39. The number of ether oxygens (including phenoxy) is 1. The fourth-order valence-corrected chi connectivity index (χ4v) is 3.73. The van der Waals surface area contributed by atoms with Gasteiger partial charge in [-0.2, -0.15) is 0 Å². The van der Waals surface area contributed by atoms with Gasteiger partial charge >= 0.3 is 5.97 Å². The second-order valence-electron chi connectivity index (χ2n) is 4.87. The van der Waals surface area contributed by atoms with Crippen LogP contribution < -0.4 is 10.2 Å². The van der Waals surface area contributed by atoms with Crippen molar-refractivity contribution >= 4 is 23.4 Å². The number of rotatable bonds is 5. The Balaban J connectivity index is 2.13. The summed E-state index contributed by atoms with van der Waals surface area (Å²) < 4.78 is 4.74. The van der Waals surface area contributed by atoms with E-state index in [0.717, 1.165) is 24.3 Å². The van der Waals surface area contributed by atoms with Gasteiger partial charge in [0.1, 0.15) is 11.8 Å². The minimum atomic E-state index is -0.313. The number of phenols is 1. The van der Waals surface area contributed by atoms with Crippen molar-refractivity contribution in [1.82, 2.24) is 5.32 Å². The van der Waals surface area contributed by atoms with Crippen LogP contribution in [0, 0.1) is 0 Å². The first-order valence-corrected chi connectivity index (χ1v) is 8.18. The molecule has 2 atom stereocenters. The Hall–Kier alpha value is -1.40. The minimum absolute atomic E-state index is 0.0835. The number of anilines is 1. The third-order valence-corrected chi connectivity index (χ3v) is 4.94. The number of esters is 1. The number of carbonyl (C=O) groups is 1. The number of aromatic hydroxyl groups is 1. The number of hydrogen-bond acceptors (Lipinski definition) is 6. The molecule has 1 aromatic rings. The summed E-state index contributed by atoms with van der Waals surface area (Å²) in [4.78, 5) is 13.7. The Morgan fingerprint density at radius 1 is 1.48 bits per heavy atom. The fraction of sp³-hybridized carbons (Fsp3) is 0.533. The van der Waals surface area contributed by atoms with Crippen LogP contribution in [0.4, 0.5) is 5.69 Å². The van der Waals surface area contributed by atoms with Crippen molar-refractivity contribution in [2.75, 3.05) is 30.9 Å². The van der Waals surface area contributed by atoms with Crippen LogP contribution in [0.5, 0.6) is 5.75 Å². The molecule has 6 heteroatoms.